The van der Waals surface area contributed by atoms with E-state index in [-0.39, 0.29) is 0 Å². The summed E-state index contributed by atoms with van der Waals surface area (Å²) in [6, 6.07) is 10.3. The molecule has 0 aliphatic heterocycles. The Hall–Kier alpha value is -2.67. The zero-order valence-electron chi connectivity index (χ0n) is 15.4. The van der Waals surface area contributed by atoms with Gasteiger partial charge in [0.1, 0.15) is 0 Å². The van der Waals surface area contributed by atoms with Crippen LogP contribution in [0.3, 0.4) is 0 Å². The molecule has 3 rings (SSSR count). The molecule has 7 heteroatoms. The van der Waals surface area contributed by atoms with Gasteiger partial charge >= 0.3 is 0 Å². The van der Waals surface area contributed by atoms with Crippen LogP contribution in [-0.4, -0.2) is 34.3 Å². The standard InChI is InChI=1S/C19H24N6S/c1-14-11-15(2)25(24-14)18-7-6-16(12-22-18)13-23-19(20-3)21-9-8-17-5-4-10-26-17/h4-7,10-12H,8-9,13H2,1-3H3,(H2,20,21,23). The highest BCUT2D eigenvalue weighted by molar-refractivity contribution is 7.09. The molecule has 2 N–H and O–H groups in total. The fourth-order valence-electron chi connectivity index (χ4n) is 2.67. The van der Waals surface area contributed by atoms with Crippen LogP contribution < -0.4 is 10.6 Å². The van der Waals surface area contributed by atoms with Gasteiger partial charge in [0.25, 0.3) is 0 Å². The van der Waals surface area contributed by atoms with Gasteiger partial charge in [0, 0.05) is 36.9 Å². The summed E-state index contributed by atoms with van der Waals surface area (Å²) in [5.74, 6) is 1.63. The zero-order chi connectivity index (χ0) is 18.4. The number of aliphatic imine (C=N–C) groups is 1. The SMILES string of the molecule is CN=C(NCCc1cccs1)NCc1ccc(-n2nc(C)cc2C)nc1. The van der Waals surface area contributed by atoms with Crippen LogP contribution in [0.25, 0.3) is 5.82 Å². The molecule has 26 heavy (non-hydrogen) atoms. The largest absolute Gasteiger partial charge is 0.356 e. The van der Waals surface area contributed by atoms with Crippen LogP contribution >= 0.6 is 11.3 Å². The normalized spacial score (nSPS) is 11.6. The molecule has 0 unspecified atom stereocenters. The number of nitrogens with zero attached hydrogens (tertiary/aromatic N) is 4. The molecule has 0 fully saturated rings. The van der Waals surface area contributed by atoms with Crippen molar-refractivity contribution in [1.82, 2.24) is 25.4 Å². The third-order valence-electron chi connectivity index (χ3n) is 3.96. The van der Waals surface area contributed by atoms with E-state index in [1.54, 1.807) is 18.4 Å². The molecule has 0 saturated heterocycles. The molecule has 0 aliphatic carbocycles. The lowest BCUT2D eigenvalue weighted by atomic mass is 10.3. The zero-order valence-corrected chi connectivity index (χ0v) is 16.2. The van der Waals surface area contributed by atoms with Crippen molar-refractivity contribution in [2.45, 2.75) is 26.8 Å². The van der Waals surface area contributed by atoms with Crippen molar-refractivity contribution in [3.8, 4) is 5.82 Å². The minimum atomic E-state index is 0.670. The average molecular weight is 369 g/mol. The summed E-state index contributed by atoms with van der Waals surface area (Å²) < 4.78 is 1.86. The number of guanidine groups is 1. The number of aromatic nitrogens is 3. The van der Waals surface area contributed by atoms with E-state index in [1.165, 1.54) is 4.88 Å². The summed E-state index contributed by atoms with van der Waals surface area (Å²) in [7, 11) is 1.78. The van der Waals surface area contributed by atoms with Crippen molar-refractivity contribution in [3.63, 3.8) is 0 Å². The molecular formula is C19H24N6S. The Morgan fingerprint density at radius 3 is 2.73 bits per heavy atom. The van der Waals surface area contributed by atoms with E-state index in [1.807, 2.05) is 36.9 Å². The summed E-state index contributed by atoms with van der Waals surface area (Å²) in [4.78, 5) is 10.2. The number of nitrogens with one attached hydrogen (secondary N) is 2. The number of aryl methyl sites for hydroxylation is 2. The molecule has 3 aromatic rings. The number of thiophene rings is 1. The predicted octanol–water partition coefficient (Wildman–Crippen LogP) is 2.85. The maximum absolute atomic E-state index is 4.52. The molecule has 0 spiro atoms. The van der Waals surface area contributed by atoms with Crippen molar-refractivity contribution in [1.29, 1.82) is 0 Å². The van der Waals surface area contributed by atoms with Crippen LogP contribution in [0.4, 0.5) is 0 Å². The van der Waals surface area contributed by atoms with Gasteiger partial charge in [-0.3, -0.25) is 4.99 Å². The third kappa shape index (κ3) is 4.70. The second kappa shape index (κ2) is 8.62. The maximum Gasteiger partial charge on any atom is 0.191 e. The van der Waals surface area contributed by atoms with Crippen LogP contribution in [0.15, 0.2) is 46.9 Å². The van der Waals surface area contributed by atoms with E-state index < -0.39 is 0 Å². The van der Waals surface area contributed by atoms with Crippen molar-refractivity contribution in [2.24, 2.45) is 4.99 Å². The Morgan fingerprint density at radius 2 is 2.12 bits per heavy atom. The van der Waals surface area contributed by atoms with Gasteiger partial charge in [0.15, 0.2) is 11.8 Å². The van der Waals surface area contributed by atoms with Crippen LogP contribution in [0.5, 0.6) is 0 Å². The molecule has 0 radical (unpaired) electrons. The summed E-state index contributed by atoms with van der Waals surface area (Å²) in [6.07, 6.45) is 2.87. The number of hydrogen-bond donors (Lipinski definition) is 2. The topological polar surface area (TPSA) is 67.1 Å². The molecule has 3 aromatic heterocycles. The van der Waals surface area contributed by atoms with E-state index >= 15 is 0 Å². The molecule has 6 nitrogen and oxygen atoms in total. The van der Waals surface area contributed by atoms with E-state index in [0.717, 1.165) is 41.7 Å². The summed E-state index contributed by atoms with van der Waals surface area (Å²) in [5, 5.41) is 13.2. The molecule has 0 atom stereocenters. The van der Waals surface area contributed by atoms with Gasteiger partial charge in [0.05, 0.1) is 5.69 Å². The Labute approximate surface area is 158 Å². The Balaban J connectivity index is 1.51. The maximum atomic E-state index is 4.52. The van der Waals surface area contributed by atoms with E-state index in [9.17, 15) is 0 Å². The van der Waals surface area contributed by atoms with Gasteiger partial charge in [0.2, 0.25) is 0 Å². The van der Waals surface area contributed by atoms with Gasteiger partial charge in [-0.15, -0.1) is 11.3 Å². The fraction of sp³-hybridized carbons (Fsp3) is 0.316. The van der Waals surface area contributed by atoms with Gasteiger partial charge in [-0.2, -0.15) is 5.10 Å². The first-order valence-corrected chi connectivity index (χ1v) is 9.49. The van der Waals surface area contributed by atoms with Gasteiger partial charge < -0.3 is 10.6 Å². The Bertz CT molecular complexity index is 849. The minimum absolute atomic E-state index is 0.670. The lowest BCUT2D eigenvalue weighted by Gasteiger charge is -2.12. The number of rotatable bonds is 6. The Kier molecular flexibility index (Phi) is 6.01. The average Bonchev–Trinajstić information content (AvgIpc) is 3.27. The third-order valence-corrected chi connectivity index (χ3v) is 4.90. The van der Waals surface area contributed by atoms with Crippen LogP contribution in [0.1, 0.15) is 21.8 Å². The molecule has 136 valence electrons. The molecule has 0 aromatic carbocycles. The van der Waals surface area contributed by atoms with Gasteiger partial charge in [-0.05, 0) is 49.4 Å². The van der Waals surface area contributed by atoms with Gasteiger partial charge in [-0.25, -0.2) is 9.67 Å². The minimum Gasteiger partial charge on any atom is -0.356 e. The van der Waals surface area contributed by atoms with Crippen molar-refractivity contribution in [3.05, 3.63) is 63.7 Å². The lowest BCUT2D eigenvalue weighted by Crippen LogP contribution is -2.37. The molecule has 0 bridgehead atoms. The van der Waals surface area contributed by atoms with E-state index in [0.29, 0.717) is 6.54 Å². The highest BCUT2D eigenvalue weighted by Gasteiger charge is 2.05. The second-order valence-electron chi connectivity index (χ2n) is 6.05. The number of hydrogen-bond acceptors (Lipinski definition) is 4. The smallest absolute Gasteiger partial charge is 0.191 e. The number of pyridine rings is 1. The van der Waals surface area contributed by atoms with Crippen LogP contribution in [0.2, 0.25) is 0 Å². The molecule has 3 heterocycles. The summed E-state index contributed by atoms with van der Waals surface area (Å²) in [5.41, 5.74) is 3.17. The van der Waals surface area contributed by atoms with Gasteiger partial charge in [-0.1, -0.05) is 12.1 Å². The monoisotopic (exact) mass is 368 g/mol. The summed E-state index contributed by atoms with van der Waals surface area (Å²) >= 11 is 1.78. The molecule has 0 saturated carbocycles. The van der Waals surface area contributed by atoms with Crippen LogP contribution in [0, 0.1) is 13.8 Å². The van der Waals surface area contributed by atoms with E-state index in [4.69, 9.17) is 0 Å². The highest BCUT2D eigenvalue weighted by atomic mass is 32.1. The molecule has 0 aliphatic rings. The van der Waals surface area contributed by atoms with E-state index in [2.05, 4.69) is 49.3 Å². The highest BCUT2D eigenvalue weighted by Crippen LogP contribution is 2.10. The first-order valence-electron chi connectivity index (χ1n) is 8.61. The molecule has 0 amide bonds. The predicted molar refractivity (Wildman–Crippen MR) is 107 cm³/mol. The van der Waals surface area contributed by atoms with Crippen LogP contribution in [-0.2, 0) is 13.0 Å². The summed E-state index contributed by atoms with van der Waals surface area (Å²) in [6.45, 7) is 5.54. The first kappa shape index (κ1) is 18.1. The Morgan fingerprint density at radius 1 is 1.23 bits per heavy atom. The second-order valence-corrected chi connectivity index (χ2v) is 7.08. The lowest BCUT2D eigenvalue weighted by molar-refractivity contribution is 0.786. The van der Waals surface area contributed by atoms with Crippen molar-refractivity contribution < 1.29 is 0 Å². The molecular weight excluding hydrogens is 344 g/mol. The van der Waals surface area contributed by atoms with Crippen molar-refractivity contribution in [2.75, 3.05) is 13.6 Å². The van der Waals surface area contributed by atoms with Crippen molar-refractivity contribution >= 4 is 17.3 Å². The fourth-order valence-corrected chi connectivity index (χ4v) is 3.38. The first-order chi connectivity index (χ1) is 12.7. The quantitative estimate of drug-likeness (QED) is 0.519.